The van der Waals surface area contributed by atoms with E-state index in [4.69, 9.17) is 21.3 Å². The number of aryl methyl sites for hydroxylation is 1. The molecule has 162 valence electrons. The first-order valence-electron chi connectivity index (χ1n) is 10.3. The lowest BCUT2D eigenvalue weighted by molar-refractivity contribution is 0.261. The van der Waals surface area contributed by atoms with E-state index < -0.39 is 0 Å². The highest BCUT2D eigenvalue weighted by Gasteiger charge is 2.22. The molecule has 1 unspecified atom stereocenters. The van der Waals surface area contributed by atoms with Crippen LogP contribution in [-0.2, 0) is 20.0 Å². The SMILES string of the molecule is Cc1nnc(CN=C(NCCc2ccc(Cl)nc2)NC2CCOc3ccccc32)n1C. The van der Waals surface area contributed by atoms with Crippen molar-refractivity contribution in [2.24, 2.45) is 12.0 Å². The van der Waals surface area contributed by atoms with E-state index in [-0.39, 0.29) is 6.04 Å². The Kier molecular flexibility index (Phi) is 6.66. The number of ether oxygens (including phenoxy) is 1. The predicted octanol–water partition coefficient (Wildman–Crippen LogP) is 2.97. The summed E-state index contributed by atoms with van der Waals surface area (Å²) in [6.45, 7) is 3.73. The lowest BCUT2D eigenvalue weighted by atomic mass is 10.0. The molecule has 2 aromatic heterocycles. The number of rotatable bonds is 6. The molecule has 2 N–H and O–H groups in total. The third-order valence-electron chi connectivity index (χ3n) is 5.33. The van der Waals surface area contributed by atoms with Gasteiger partial charge in [0.2, 0.25) is 0 Å². The number of pyridine rings is 1. The molecule has 3 aromatic rings. The van der Waals surface area contributed by atoms with E-state index in [2.05, 4.69) is 31.9 Å². The Balaban J connectivity index is 1.47. The molecule has 9 heteroatoms. The van der Waals surface area contributed by atoms with Gasteiger partial charge in [0.15, 0.2) is 11.8 Å². The maximum Gasteiger partial charge on any atom is 0.192 e. The number of hydrogen-bond donors (Lipinski definition) is 2. The molecule has 8 nitrogen and oxygen atoms in total. The van der Waals surface area contributed by atoms with E-state index in [1.54, 1.807) is 12.3 Å². The molecule has 0 aliphatic carbocycles. The molecule has 0 saturated heterocycles. The number of guanidine groups is 1. The first-order valence-corrected chi connectivity index (χ1v) is 10.7. The Bertz CT molecular complexity index is 1050. The van der Waals surface area contributed by atoms with Crippen LogP contribution in [0.3, 0.4) is 0 Å². The highest BCUT2D eigenvalue weighted by Crippen LogP contribution is 2.31. The number of nitrogens with one attached hydrogen (secondary N) is 2. The van der Waals surface area contributed by atoms with Crippen LogP contribution in [0.4, 0.5) is 0 Å². The van der Waals surface area contributed by atoms with Crippen LogP contribution in [0.2, 0.25) is 5.15 Å². The van der Waals surface area contributed by atoms with Crippen molar-refractivity contribution in [1.29, 1.82) is 0 Å². The van der Waals surface area contributed by atoms with Gasteiger partial charge >= 0.3 is 0 Å². The quantitative estimate of drug-likeness (QED) is 0.348. The van der Waals surface area contributed by atoms with Gasteiger partial charge in [0.25, 0.3) is 0 Å². The molecule has 4 rings (SSSR count). The predicted molar refractivity (Wildman–Crippen MR) is 120 cm³/mol. The average Bonchev–Trinajstić information content (AvgIpc) is 3.11. The van der Waals surface area contributed by atoms with Gasteiger partial charge in [-0.3, -0.25) is 0 Å². The third-order valence-corrected chi connectivity index (χ3v) is 5.55. The summed E-state index contributed by atoms with van der Waals surface area (Å²) in [5.41, 5.74) is 2.25. The van der Waals surface area contributed by atoms with Crippen LogP contribution in [0.5, 0.6) is 5.75 Å². The van der Waals surface area contributed by atoms with Crippen LogP contribution in [0.15, 0.2) is 47.6 Å². The number of aliphatic imine (C=N–C) groups is 1. The zero-order chi connectivity index (χ0) is 21.6. The molecule has 0 radical (unpaired) electrons. The van der Waals surface area contributed by atoms with Gasteiger partial charge in [0, 0.05) is 31.8 Å². The smallest absolute Gasteiger partial charge is 0.192 e. The Morgan fingerprint density at radius 3 is 2.90 bits per heavy atom. The second-order valence-electron chi connectivity index (χ2n) is 7.43. The largest absolute Gasteiger partial charge is 0.493 e. The summed E-state index contributed by atoms with van der Waals surface area (Å²) < 4.78 is 7.74. The van der Waals surface area contributed by atoms with Crippen LogP contribution in [0.25, 0.3) is 0 Å². The van der Waals surface area contributed by atoms with Crippen LogP contribution < -0.4 is 15.4 Å². The number of hydrogen-bond acceptors (Lipinski definition) is 5. The fourth-order valence-electron chi connectivity index (χ4n) is 3.43. The lowest BCUT2D eigenvalue weighted by Crippen LogP contribution is -2.42. The minimum atomic E-state index is 0.120. The summed E-state index contributed by atoms with van der Waals surface area (Å²) in [4.78, 5) is 8.92. The van der Waals surface area contributed by atoms with Crippen molar-refractivity contribution < 1.29 is 4.74 Å². The average molecular weight is 440 g/mol. The normalized spacial score (nSPS) is 15.8. The van der Waals surface area contributed by atoms with Crippen molar-refractivity contribution >= 4 is 17.6 Å². The summed E-state index contributed by atoms with van der Waals surface area (Å²) in [7, 11) is 1.95. The van der Waals surface area contributed by atoms with Crippen molar-refractivity contribution in [2.45, 2.75) is 32.4 Å². The summed E-state index contributed by atoms with van der Waals surface area (Å²) in [6.07, 6.45) is 3.46. The van der Waals surface area contributed by atoms with E-state index in [0.717, 1.165) is 47.3 Å². The second-order valence-corrected chi connectivity index (χ2v) is 7.81. The maximum absolute atomic E-state index is 5.88. The van der Waals surface area contributed by atoms with Crippen LogP contribution in [0.1, 0.15) is 35.2 Å². The van der Waals surface area contributed by atoms with E-state index in [0.29, 0.717) is 24.8 Å². The zero-order valence-corrected chi connectivity index (χ0v) is 18.4. The zero-order valence-electron chi connectivity index (χ0n) is 17.7. The minimum absolute atomic E-state index is 0.120. The Labute approximate surface area is 186 Å². The standard InChI is InChI=1S/C22H26ClN7O/c1-15-28-29-21(30(15)2)14-26-22(24-11-9-16-7-8-20(23)25-13-16)27-18-10-12-31-19-6-4-3-5-17(18)19/h3-8,13,18H,9-12,14H2,1-2H3,(H2,24,26,27). The van der Waals surface area contributed by atoms with E-state index >= 15 is 0 Å². The van der Waals surface area contributed by atoms with Gasteiger partial charge < -0.3 is 19.9 Å². The van der Waals surface area contributed by atoms with Gasteiger partial charge in [-0.05, 0) is 31.0 Å². The van der Waals surface area contributed by atoms with Crippen LogP contribution in [0, 0.1) is 6.92 Å². The number of nitrogens with zero attached hydrogens (tertiary/aromatic N) is 5. The van der Waals surface area contributed by atoms with Gasteiger partial charge in [0.05, 0.1) is 12.6 Å². The molecule has 0 amide bonds. The molecule has 0 fully saturated rings. The number of aromatic nitrogens is 4. The summed E-state index contributed by atoms with van der Waals surface area (Å²) >= 11 is 5.88. The number of benzene rings is 1. The van der Waals surface area contributed by atoms with Gasteiger partial charge in [0.1, 0.15) is 23.3 Å². The number of halogens is 1. The molecule has 0 saturated carbocycles. The topological polar surface area (TPSA) is 89.2 Å². The Hall–Kier alpha value is -3.13. The molecule has 1 aliphatic rings. The fourth-order valence-corrected chi connectivity index (χ4v) is 3.54. The van der Waals surface area contributed by atoms with Crippen molar-refractivity contribution in [2.75, 3.05) is 13.2 Å². The highest BCUT2D eigenvalue weighted by molar-refractivity contribution is 6.29. The first kappa shape index (κ1) is 21.1. The maximum atomic E-state index is 5.88. The fraction of sp³-hybridized carbons (Fsp3) is 0.364. The molecule has 1 aliphatic heterocycles. The molecular formula is C22H26ClN7O. The third kappa shape index (κ3) is 5.32. The molecule has 3 heterocycles. The summed E-state index contributed by atoms with van der Waals surface area (Å²) in [5.74, 6) is 3.32. The lowest BCUT2D eigenvalue weighted by Gasteiger charge is -2.28. The van der Waals surface area contributed by atoms with Crippen molar-refractivity contribution in [3.05, 3.63) is 70.5 Å². The van der Waals surface area contributed by atoms with Gasteiger partial charge in [-0.2, -0.15) is 0 Å². The number of fused-ring (bicyclic) bond motifs is 1. The van der Waals surface area contributed by atoms with Crippen molar-refractivity contribution in [3.63, 3.8) is 0 Å². The molecular weight excluding hydrogens is 414 g/mol. The highest BCUT2D eigenvalue weighted by atomic mass is 35.5. The molecule has 1 aromatic carbocycles. The minimum Gasteiger partial charge on any atom is -0.493 e. The van der Waals surface area contributed by atoms with Gasteiger partial charge in [-0.1, -0.05) is 35.9 Å². The number of para-hydroxylation sites is 1. The van der Waals surface area contributed by atoms with E-state index in [9.17, 15) is 0 Å². The molecule has 0 bridgehead atoms. The van der Waals surface area contributed by atoms with Crippen LogP contribution >= 0.6 is 11.6 Å². The monoisotopic (exact) mass is 439 g/mol. The molecule has 1 atom stereocenters. The van der Waals surface area contributed by atoms with Crippen molar-refractivity contribution in [1.82, 2.24) is 30.4 Å². The Morgan fingerprint density at radius 1 is 1.26 bits per heavy atom. The van der Waals surface area contributed by atoms with Crippen molar-refractivity contribution in [3.8, 4) is 5.75 Å². The van der Waals surface area contributed by atoms with Crippen LogP contribution in [-0.4, -0.2) is 38.9 Å². The van der Waals surface area contributed by atoms with E-state index in [1.165, 1.54) is 0 Å². The van der Waals surface area contributed by atoms with Gasteiger partial charge in [-0.25, -0.2) is 9.98 Å². The second kappa shape index (κ2) is 9.78. The van der Waals surface area contributed by atoms with Gasteiger partial charge in [-0.15, -0.1) is 10.2 Å². The first-order chi connectivity index (χ1) is 15.1. The molecule has 31 heavy (non-hydrogen) atoms. The molecule has 0 spiro atoms. The van der Waals surface area contributed by atoms with E-state index in [1.807, 2.05) is 42.8 Å². The Morgan fingerprint density at radius 2 is 2.13 bits per heavy atom. The summed E-state index contributed by atoms with van der Waals surface area (Å²) in [6, 6.07) is 12.0. The summed E-state index contributed by atoms with van der Waals surface area (Å²) in [5, 5.41) is 15.8.